The fourth-order valence-corrected chi connectivity index (χ4v) is 2.03. The van der Waals surface area contributed by atoms with Crippen LogP contribution >= 0.6 is 0 Å². The Morgan fingerprint density at radius 1 is 1.38 bits per heavy atom. The quantitative estimate of drug-likeness (QED) is 0.626. The van der Waals surface area contributed by atoms with Crippen LogP contribution in [0.4, 0.5) is 4.79 Å². The van der Waals surface area contributed by atoms with Gasteiger partial charge in [0, 0.05) is 13.1 Å². The second-order valence-corrected chi connectivity index (χ2v) is 4.05. The van der Waals surface area contributed by atoms with Gasteiger partial charge in [0.1, 0.15) is 0 Å². The van der Waals surface area contributed by atoms with Crippen LogP contribution in [0.3, 0.4) is 0 Å². The molecule has 3 heteroatoms. The molecule has 0 radical (unpaired) electrons. The van der Waals surface area contributed by atoms with E-state index in [9.17, 15) is 4.79 Å². The molecule has 1 amide bonds. The second kappa shape index (κ2) is 4.49. The van der Waals surface area contributed by atoms with Gasteiger partial charge in [0.25, 0.3) is 0 Å². The fraction of sp³-hybridized carbons (Fsp3) is 0.900. The van der Waals surface area contributed by atoms with Crippen LogP contribution in [-0.4, -0.2) is 30.7 Å². The molecular formula is C10H19NO2. The summed E-state index contributed by atoms with van der Waals surface area (Å²) in [7, 11) is 0. The number of hydrogen-bond donors (Lipinski definition) is 0. The van der Waals surface area contributed by atoms with E-state index < -0.39 is 0 Å². The lowest BCUT2D eigenvalue weighted by Gasteiger charge is -2.34. The molecule has 0 N–H and O–H groups in total. The van der Waals surface area contributed by atoms with E-state index in [4.69, 9.17) is 4.74 Å². The zero-order valence-corrected chi connectivity index (χ0v) is 8.75. The van der Waals surface area contributed by atoms with Gasteiger partial charge in [-0.1, -0.05) is 13.8 Å². The summed E-state index contributed by atoms with van der Waals surface area (Å²) in [5.41, 5.74) is 0. The molecule has 1 rings (SSSR count). The first kappa shape index (κ1) is 10.4. The number of hydrogen-bond acceptors (Lipinski definition) is 2. The molecule has 0 aromatic rings. The van der Waals surface area contributed by atoms with E-state index in [0.717, 1.165) is 13.1 Å². The van der Waals surface area contributed by atoms with Gasteiger partial charge in [-0.15, -0.1) is 0 Å². The number of rotatable bonds is 1. The third kappa shape index (κ3) is 2.90. The summed E-state index contributed by atoms with van der Waals surface area (Å²) < 4.78 is 4.96. The van der Waals surface area contributed by atoms with Gasteiger partial charge < -0.3 is 9.64 Å². The highest BCUT2D eigenvalue weighted by Gasteiger charge is 2.25. The minimum Gasteiger partial charge on any atom is -0.450 e. The molecule has 0 bridgehead atoms. The number of ether oxygens (including phenoxy) is 1. The normalized spacial score (nSPS) is 28.7. The highest BCUT2D eigenvalue weighted by atomic mass is 16.6. The lowest BCUT2D eigenvalue weighted by molar-refractivity contribution is 0.0780. The first-order valence-electron chi connectivity index (χ1n) is 5.05. The highest BCUT2D eigenvalue weighted by molar-refractivity contribution is 5.67. The minimum absolute atomic E-state index is 0.152. The molecule has 1 heterocycles. The lowest BCUT2D eigenvalue weighted by Crippen LogP contribution is -2.42. The Labute approximate surface area is 80.1 Å². The number of amides is 1. The third-order valence-corrected chi connectivity index (χ3v) is 2.39. The average Bonchev–Trinajstić information content (AvgIpc) is 2.03. The van der Waals surface area contributed by atoms with E-state index in [2.05, 4.69) is 13.8 Å². The topological polar surface area (TPSA) is 29.5 Å². The van der Waals surface area contributed by atoms with E-state index in [1.54, 1.807) is 0 Å². The Kier molecular flexibility index (Phi) is 3.58. The fourth-order valence-electron chi connectivity index (χ4n) is 2.03. The molecule has 0 saturated carbocycles. The number of nitrogens with zero attached hydrogens (tertiary/aromatic N) is 1. The summed E-state index contributed by atoms with van der Waals surface area (Å²) in [6, 6.07) is 0. The van der Waals surface area contributed by atoms with Crippen molar-refractivity contribution in [2.24, 2.45) is 11.8 Å². The smallest absolute Gasteiger partial charge is 0.409 e. The van der Waals surface area contributed by atoms with Crippen molar-refractivity contribution < 1.29 is 9.53 Å². The molecule has 1 aliphatic rings. The van der Waals surface area contributed by atoms with E-state index in [1.807, 2.05) is 11.8 Å². The number of likely N-dealkylation sites (tertiary alicyclic amines) is 1. The van der Waals surface area contributed by atoms with Gasteiger partial charge in [-0.05, 0) is 25.2 Å². The first-order chi connectivity index (χ1) is 6.13. The summed E-state index contributed by atoms with van der Waals surface area (Å²) >= 11 is 0. The van der Waals surface area contributed by atoms with Gasteiger partial charge in [-0.2, -0.15) is 0 Å². The molecule has 3 nitrogen and oxygen atoms in total. The third-order valence-electron chi connectivity index (χ3n) is 2.39. The zero-order valence-electron chi connectivity index (χ0n) is 8.75. The number of carbonyl (C=O) groups excluding carboxylic acids is 1. The maximum absolute atomic E-state index is 11.4. The van der Waals surface area contributed by atoms with Gasteiger partial charge in [-0.3, -0.25) is 0 Å². The van der Waals surface area contributed by atoms with Crippen molar-refractivity contribution in [3.63, 3.8) is 0 Å². The Bertz CT molecular complexity index is 172. The van der Waals surface area contributed by atoms with Gasteiger partial charge in [0.2, 0.25) is 0 Å². The molecule has 76 valence electrons. The van der Waals surface area contributed by atoms with Crippen LogP contribution in [0.5, 0.6) is 0 Å². The molecule has 1 aliphatic heterocycles. The van der Waals surface area contributed by atoms with Crippen molar-refractivity contribution in [2.75, 3.05) is 19.7 Å². The molecule has 0 aliphatic carbocycles. The van der Waals surface area contributed by atoms with Crippen LogP contribution < -0.4 is 0 Å². The van der Waals surface area contributed by atoms with Crippen LogP contribution in [0.15, 0.2) is 0 Å². The summed E-state index contributed by atoms with van der Waals surface area (Å²) in [6.45, 7) is 8.38. The predicted octanol–water partition coefficient (Wildman–Crippen LogP) is 2.12. The van der Waals surface area contributed by atoms with Gasteiger partial charge in [0.15, 0.2) is 0 Å². The van der Waals surface area contributed by atoms with E-state index >= 15 is 0 Å². The SMILES string of the molecule is CCOC(=O)N1CC(C)CC(C)C1. The Morgan fingerprint density at radius 3 is 2.38 bits per heavy atom. The Morgan fingerprint density at radius 2 is 1.92 bits per heavy atom. The number of piperidine rings is 1. The number of carbonyl (C=O) groups is 1. The Balaban J connectivity index is 2.45. The average molecular weight is 185 g/mol. The van der Waals surface area contributed by atoms with E-state index in [1.165, 1.54) is 6.42 Å². The molecule has 0 aromatic carbocycles. The van der Waals surface area contributed by atoms with Crippen molar-refractivity contribution in [3.05, 3.63) is 0 Å². The maximum Gasteiger partial charge on any atom is 0.409 e. The van der Waals surface area contributed by atoms with Crippen molar-refractivity contribution in [3.8, 4) is 0 Å². The van der Waals surface area contributed by atoms with Crippen LogP contribution in [-0.2, 0) is 4.74 Å². The predicted molar refractivity (Wildman–Crippen MR) is 51.5 cm³/mol. The minimum atomic E-state index is -0.152. The molecule has 13 heavy (non-hydrogen) atoms. The van der Waals surface area contributed by atoms with Gasteiger partial charge >= 0.3 is 6.09 Å². The monoisotopic (exact) mass is 185 g/mol. The first-order valence-corrected chi connectivity index (χ1v) is 5.05. The van der Waals surface area contributed by atoms with Crippen molar-refractivity contribution in [2.45, 2.75) is 27.2 Å². The zero-order chi connectivity index (χ0) is 9.84. The molecule has 1 fully saturated rings. The van der Waals surface area contributed by atoms with Gasteiger partial charge in [-0.25, -0.2) is 4.79 Å². The highest BCUT2D eigenvalue weighted by Crippen LogP contribution is 2.21. The van der Waals surface area contributed by atoms with E-state index in [-0.39, 0.29) is 6.09 Å². The molecule has 2 unspecified atom stereocenters. The van der Waals surface area contributed by atoms with Crippen LogP contribution in [0.25, 0.3) is 0 Å². The molecule has 0 aromatic heterocycles. The maximum atomic E-state index is 11.4. The summed E-state index contributed by atoms with van der Waals surface area (Å²) in [5, 5.41) is 0. The molecule has 1 saturated heterocycles. The molecule has 2 atom stereocenters. The molecular weight excluding hydrogens is 166 g/mol. The van der Waals surface area contributed by atoms with Crippen LogP contribution in [0.2, 0.25) is 0 Å². The largest absolute Gasteiger partial charge is 0.450 e. The second-order valence-electron chi connectivity index (χ2n) is 4.05. The van der Waals surface area contributed by atoms with Crippen molar-refractivity contribution >= 4 is 6.09 Å². The summed E-state index contributed by atoms with van der Waals surface area (Å²) in [5.74, 6) is 1.21. The van der Waals surface area contributed by atoms with Crippen LogP contribution in [0, 0.1) is 11.8 Å². The Hall–Kier alpha value is -0.730. The summed E-state index contributed by atoms with van der Waals surface area (Å²) in [6.07, 6.45) is 1.07. The lowest BCUT2D eigenvalue weighted by atomic mass is 9.92. The summed E-state index contributed by atoms with van der Waals surface area (Å²) in [4.78, 5) is 13.2. The van der Waals surface area contributed by atoms with Crippen molar-refractivity contribution in [1.82, 2.24) is 4.90 Å². The molecule has 0 spiro atoms. The van der Waals surface area contributed by atoms with E-state index in [0.29, 0.717) is 18.4 Å². The van der Waals surface area contributed by atoms with Gasteiger partial charge in [0.05, 0.1) is 6.61 Å². The van der Waals surface area contributed by atoms with Crippen LogP contribution in [0.1, 0.15) is 27.2 Å². The van der Waals surface area contributed by atoms with Crippen molar-refractivity contribution in [1.29, 1.82) is 0 Å². The standard InChI is InChI=1S/C10H19NO2/c1-4-13-10(12)11-6-8(2)5-9(3)7-11/h8-9H,4-7H2,1-3H3.